The number of amides is 2. The van der Waals surface area contributed by atoms with Crippen molar-refractivity contribution in [1.29, 1.82) is 0 Å². The van der Waals surface area contributed by atoms with Crippen molar-refractivity contribution in [3.8, 4) is 5.75 Å². The number of nitrogens with zero attached hydrogens (tertiary/aromatic N) is 3. The number of nitrogens with one attached hydrogen (secondary N) is 1. The van der Waals surface area contributed by atoms with Crippen molar-refractivity contribution in [3.63, 3.8) is 0 Å². The van der Waals surface area contributed by atoms with Crippen molar-refractivity contribution in [2.45, 2.75) is 71.1 Å². The molecule has 4 atom stereocenters. The second-order valence-electron chi connectivity index (χ2n) is 11.6. The molecule has 0 radical (unpaired) electrons. The number of carbonyl (C=O) groups excluding carboxylic acids is 2. The number of fused-ring (bicyclic) bond motifs is 1. The van der Waals surface area contributed by atoms with Gasteiger partial charge in [0.2, 0.25) is 15.9 Å². The predicted molar refractivity (Wildman–Crippen MR) is 161 cm³/mol. The third-order valence-corrected chi connectivity index (χ3v) is 7.84. The lowest BCUT2D eigenvalue weighted by Gasteiger charge is -2.36. The van der Waals surface area contributed by atoms with Gasteiger partial charge in [-0.1, -0.05) is 6.92 Å². The Kier molecular flexibility index (Phi) is 13.8. The number of anilines is 1. The van der Waals surface area contributed by atoms with Crippen LogP contribution in [0, 0.1) is 5.92 Å². The minimum absolute atomic E-state index is 0.0459. The van der Waals surface area contributed by atoms with Gasteiger partial charge < -0.3 is 29.3 Å². The van der Waals surface area contributed by atoms with Gasteiger partial charge >= 0.3 is 0 Å². The van der Waals surface area contributed by atoms with Crippen molar-refractivity contribution in [3.05, 3.63) is 23.8 Å². The maximum Gasteiger partial charge on any atom is 0.258 e. The molecule has 41 heavy (non-hydrogen) atoms. The van der Waals surface area contributed by atoms with Crippen LogP contribution in [0.1, 0.15) is 63.2 Å². The van der Waals surface area contributed by atoms with E-state index in [0.29, 0.717) is 25.3 Å². The van der Waals surface area contributed by atoms with E-state index in [1.165, 1.54) is 6.07 Å². The van der Waals surface area contributed by atoms with Crippen LogP contribution >= 0.6 is 0 Å². The lowest BCUT2D eigenvalue weighted by atomic mass is 10.0. The molecule has 2 N–H and O–H groups in total. The number of hydrogen-bond acceptors (Lipinski definition) is 8. The summed E-state index contributed by atoms with van der Waals surface area (Å²) in [6, 6.07) is 4.13. The number of benzene rings is 1. The first-order valence-corrected chi connectivity index (χ1v) is 16.3. The fourth-order valence-electron chi connectivity index (χ4n) is 4.77. The van der Waals surface area contributed by atoms with Crippen LogP contribution in [0.5, 0.6) is 5.75 Å². The Balaban J connectivity index is 2.39. The van der Waals surface area contributed by atoms with Crippen LogP contribution in [-0.2, 0) is 19.6 Å². The quantitative estimate of drug-likeness (QED) is 0.421. The molecule has 1 aromatic carbocycles. The lowest BCUT2D eigenvalue weighted by Crippen LogP contribution is -2.48. The molecule has 0 aliphatic carbocycles. The third-order valence-electron chi connectivity index (χ3n) is 7.23. The summed E-state index contributed by atoms with van der Waals surface area (Å²) in [5.41, 5.74) is 0.456. The number of likely N-dealkylation sites (N-methyl/N-ethyl adjacent to an activating group) is 1. The summed E-state index contributed by atoms with van der Waals surface area (Å²) in [5.74, 6) is -0.156. The van der Waals surface area contributed by atoms with E-state index in [1.807, 2.05) is 32.8 Å². The SMILES string of the molecule is C[C@@H]1CN([C@@H](C)CO)C(=O)c2cc(NS(C)(=O)=O)ccc2O[C@@H](C)CCCCO[C@@H]1CN(C)C(=O)CCCN(C)C. The van der Waals surface area contributed by atoms with Crippen molar-refractivity contribution >= 4 is 27.5 Å². The average molecular weight is 599 g/mol. The molecular weight excluding hydrogens is 548 g/mol. The average Bonchev–Trinajstić information content (AvgIpc) is 2.89. The summed E-state index contributed by atoms with van der Waals surface area (Å²) in [5, 5.41) is 10.1. The van der Waals surface area contributed by atoms with Crippen LogP contribution in [0.15, 0.2) is 18.2 Å². The van der Waals surface area contributed by atoms with Crippen molar-refractivity contribution in [2.24, 2.45) is 5.92 Å². The van der Waals surface area contributed by atoms with E-state index >= 15 is 0 Å². The zero-order valence-corrected chi connectivity index (χ0v) is 26.6. The fourth-order valence-corrected chi connectivity index (χ4v) is 5.33. The van der Waals surface area contributed by atoms with Gasteiger partial charge in [-0.2, -0.15) is 0 Å². The molecule has 1 aromatic rings. The summed E-state index contributed by atoms with van der Waals surface area (Å²) in [7, 11) is 2.17. The molecule has 0 aromatic heterocycles. The zero-order chi connectivity index (χ0) is 30.7. The molecule has 12 heteroatoms. The van der Waals surface area contributed by atoms with Gasteiger partial charge in [0.05, 0.1) is 36.7 Å². The summed E-state index contributed by atoms with van der Waals surface area (Å²) in [4.78, 5) is 32.2. The van der Waals surface area contributed by atoms with E-state index in [2.05, 4.69) is 4.72 Å². The summed E-state index contributed by atoms with van der Waals surface area (Å²) in [6.07, 6.45) is 4.15. The number of aliphatic hydroxyl groups is 1. The Morgan fingerprint density at radius 3 is 2.56 bits per heavy atom. The van der Waals surface area contributed by atoms with Crippen molar-refractivity contribution in [1.82, 2.24) is 14.7 Å². The number of rotatable bonds is 10. The monoisotopic (exact) mass is 598 g/mol. The van der Waals surface area contributed by atoms with Crippen LogP contribution in [0.4, 0.5) is 5.69 Å². The van der Waals surface area contributed by atoms with E-state index in [1.54, 1.807) is 35.9 Å². The number of sulfonamides is 1. The molecule has 0 saturated heterocycles. The van der Waals surface area contributed by atoms with Crippen LogP contribution in [-0.4, -0.2) is 119 Å². The first kappa shape index (κ1) is 34.8. The molecule has 2 rings (SSSR count). The third kappa shape index (κ3) is 11.8. The van der Waals surface area contributed by atoms with E-state index < -0.39 is 16.1 Å². The van der Waals surface area contributed by atoms with Gasteiger partial charge in [-0.25, -0.2) is 8.42 Å². The Morgan fingerprint density at radius 2 is 1.93 bits per heavy atom. The minimum atomic E-state index is -3.57. The standard InChI is InChI=1S/C29H50N4O7S/c1-21-18-33(22(2)20-34)29(36)25-17-24(30-41(7,37)38)13-14-26(25)40-23(3)11-8-9-16-39-27(21)19-32(6)28(35)12-10-15-31(4)5/h13-14,17,21-23,27,30,34H,8-12,15-16,18-20H2,1-7H3/t21-,22+,23+,27-/m1/s1. The van der Waals surface area contributed by atoms with Gasteiger partial charge in [0.15, 0.2) is 0 Å². The first-order valence-electron chi connectivity index (χ1n) is 14.4. The van der Waals surface area contributed by atoms with Gasteiger partial charge in [0, 0.05) is 44.8 Å². The van der Waals surface area contributed by atoms with Crippen LogP contribution < -0.4 is 9.46 Å². The Labute approximate surface area is 246 Å². The zero-order valence-electron chi connectivity index (χ0n) is 25.8. The van der Waals surface area contributed by atoms with E-state index in [9.17, 15) is 23.1 Å². The second kappa shape index (κ2) is 16.3. The molecule has 234 valence electrons. The molecule has 0 bridgehead atoms. The largest absolute Gasteiger partial charge is 0.490 e. The molecule has 1 aliphatic rings. The lowest BCUT2D eigenvalue weighted by molar-refractivity contribution is -0.132. The van der Waals surface area contributed by atoms with Crippen LogP contribution in [0.25, 0.3) is 0 Å². The molecule has 1 aliphatic heterocycles. The van der Waals surface area contributed by atoms with Crippen LogP contribution in [0.2, 0.25) is 0 Å². The van der Waals surface area contributed by atoms with E-state index in [0.717, 1.165) is 38.5 Å². The molecule has 0 unspecified atom stereocenters. The summed E-state index contributed by atoms with van der Waals surface area (Å²) >= 11 is 0. The topological polar surface area (TPSA) is 129 Å². The molecule has 0 saturated carbocycles. The summed E-state index contributed by atoms with van der Waals surface area (Å²) in [6.45, 7) is 7.39. The highest BCUT2D eigenvalue weighted by Gasteiger charge is 2.31. The second-order valence-corrected chi connectivity index (χ2v) is 13.3. The highest BCUT2D eigenvalue weighted by Crippen LogP contribution is 2.28. The molecule has 1 heterocycles. The van der Waals surface area contributed by atoms with E-state index in [4.69, 9.17) is 9.47 Å². The predicted octanol–water partition coefficient (Wildman–Crippen LogP) is 2.65. The van der Waals surface area contributed by atoms with Gasteiger partial charge in [-0.15, -0.1) is 0 Å². The minimum Gasteiger partial charge on any atom is -0.490 e. The fraction of sp³-hybridized carbons (Fsp3) is 0.724. The first-order chi connectivity index (χ1) is 19.2. The highest BCUT2D eigenvalue weighted by molar-refractivity contribution is 7.92. The number of ether oxygens (including phenoxy) is 2. The molecular formula is C29H50N4O7S. The van der Waals surface area contributed by atoms with Crippen molar-refractivity contribution < 1.29 is 32.6 Å². The molecule has 0 fully saturated rings. The highest BCUT2D eigenvalue weighted by atomic mass is 32.2. The Hall–Kier alpha value is -2.41. The van der Waals surface area contributed by atoms with Crippen LogP contribution in [0.3, 0.4) is 0 Å². The maximum atomic E-state index is 14.0. The van der Waals surface area contributed by atoms with Gasteiger partial charge in [0.25, 0.3) is 5.91 Å². The van der Waals surface area contributed by atoms with Gasteiger partial charge in [-0.3, -0.25) is 14.3 Å². The van der Waals surface area contributed by atoms with Crippen molar-refractivity contribution in [2.75, 3.05) is 65.0 Å². The van der Waals surface area contributed by atoms with Gasteiger partial charge in [0.1, 0.15) is 5.75 Å². The molecule has 0 spiro atoms. The number of hydrogen-bond donors (Lipinski definition) is 2. The smallest absolute Gasteiger partial charge is 0.258 e. The molecule has 11 nitrogen and oxygen atoms in total. The Bertz CT molecular complexity index is 1100. The van der Waals surface area contributed by atoms with E-state index in [-0.39, 0.29) is 54.3 Å². The van der Waals surface area contributed by atoms with Gasteiger partial charge in [-0.05, 0) is 78.4 Å². The Morgan fingerprint density at radius 1 is 1.22 bits per heavy atom. The molecule has 2 amide bonds. The number of aliphatic hydroxyl groups excluding tert-OH is 1. The maximum absolute atomic E-state index is 14.0. The number of carbonyl (C=O) groups is 2. The summed E-state index contributed by atoms with van der Waals surface area (Å²) < 4.78 is 38.7. The normalized spacial score (nSPS) is 21.9.